The van der Waals surface area contributed by atoms with Crippen LogP contribution in [-0.4, -0.2) is 60.7 Å². The van der Waals surface area contributed by atoms with Gasteiger partial charge in [0.1, 0.15) is 18.1 Å². The number of hydrogen-bond donors (Lipinski definition) is 1. The summed E-state index contributed by atoms with van der Waals surface area (Å²) < 4.78 is 27.2. The highest BCUT2D eigenvalue weighted by Gasteiger charge is 2.23. The van der Waals surface area contributed by atoms with Crippen molar-refractivity contribution in [1.29, 1.82) is 0 Å². The molecule has 0 aliphatic carbocycles. The van der Waals surface area contributed by atoms with E-state index in [4.69, 9.17) is 0 Å². The van der Waals surface area contributed by atoms with Crippen molar-refractivity contribution in [3.05, 3.63) is 52.6 Å². The molecular formula is C19H25N5O4S. The maximum atomic E-state index is 12.8. The molecule has 2 aromatic heterocycles. The molecule has 1 amide bonds. The van der Waals surface area contributed by atoms with Crippen LogP contribution in [0.25, 0.3) is 0 Å². The van der Waals surface area contributed by atoms with Crippen molar-refractivity contribution in [3.8, 4) is 0 Å². The third-order valence-electron chi connectivity index (χ3n) is 4.94. The summed E-state index contributed by atoms with van der Waals surface area (Å²) >= 11 is 0. The number of amides is 1. The predicted molar refractivity (Wildman–Crippen MR) is 112 cm³/mol. The summed E-state index contributed by atoms with van der Waals surface area (Å²) in [6.45, 7) is 5.46. The maximum Gasteiger partial charge on any atom is 0.275 e. The highest BCUT2D eigenvalue weighted by Crippen LogP contribution is 2.13. The molecule has 1 aliphatic rings. The number of rotatable bonds is 6. The van der Waals surface area contributed by atoms with Crippen LogP contribution in [-0.2, 0) is 21.4 Å². The summed E-state index contributed by atoms with van der Waals surface area (Å²) in [5, 5.41) is 0. The second kappa shape index (κ2) is 8.64. The first-order valence-electron chi connectivity index (χ1n) is 9.45. The number of nitrogens with zero attached hydrogens (tertiary/aromatic N) is 4. The van der Waals surface area contributed by atoms with Crippen LogP contribution in [0.4, 0.5) is 11.5 Å². The lowest BCUT2D eigenvalue weighted by Crippen LogP contribution is -2.50. The van der Waals surface area contributed by atoms with E-state index in [-0.39, 0.29) is 23.9 Å². The minimum Gasteiger partial charge on any atom is -0.353 e. The van der Waals surface area contributed by atoms with E-state index >= 15 is 0 Å². The molecule has 0 saturated carbocycles. The summed E-state index contributed by atoms with van der Waals surface area (Å²) in [5.74, 6) is 0.564. The molecule has 3 heterocycles. The van der Waals surface area contributed by atoms with Crippen LogP contribution >= 0.6 is 0 Å². The van der Waals surface area contributed by atoms with E-state index in [1.807, 2.05) is 18.2 Å². The number of carbonyl (C=O) groups is 1. The molecule has 0 radical (unpaired) electrons. The van der Waals surface area contributed by atoms with E-state index in [1.165, 1.54) is 17.6 Å². The Morgan fingerprint density at radius 1 is 1.14 bits per heavy atom. The van der Waals surface area contributed by atoms with Crippen LogP contribution in [0.5, 0.6) is 0 Å². The van der Waals surface area contributed by atoms with Gasteiger partial charge in [-0.15, -0.1) is 0 Å². The average Bonchev–Trinajstić information content (AvgIpc) is 2.74. The van der Waals surface area contributed by atoms with Gasteiger partial charge >= 0.3 is 0 Å². The van der Waals surface area contributed by atoms with Crippen LogP contribution in [0.3, 0.4) is 0 Å². The predicted octanol–water partition coefficient (Wildman–Crippen LogP) is 0.662. The van der Waals surface area contributed by atoms with Crippen LogP contribution in [0.2, 0.25) is 0 Å². The Bertz CT molecular complexity index is 1030. The fourth-order valence-corrected chi connectivity index (χ4v) is 3.78. The molecule has 10 heteroatoms. The van der Waals surface area contributed by atoms with Gasteiger partial charge in [-0.3, -0.25) is 14.3 Å². The van der Waals surface area contributed by atoms with E-state index in [1.54, 1.807) is 24.1 Å². The molecule has 0 unspecified atom stereocenters. The normalized spacial score (nSPS) is 14.7. The van der Waals surface area contributed by atoms with Gasteiger partial charge in [0.2, 0.25) is 15.9 Å². The molecule has 1 saturated heterocycles. The third kappa shape index (κ3) is 4.94. The first kappa shape index (κ1) is 20.8. The van der Waals surface area contributed by atoms with Crippen molar-refractivity contribution >= 4 is 27.4 Å². The zero-order valence-electron chi connectivity index (χ0n) is 16.5. The van der Waals surface area contributed by atoms with Gasteiger partial charge in [-0.05, 0) is 38.1 Å². The lowest BCUT2D eigenvalue weighted by atomic mass is 10.2. The van der Waals surface area contributed by atoms with Crippen LogP contribution in [0.1, 0.15) is 12.6 Å². The second-order valence-electron chi connectivity index (χ2n) is 6.84. The van der Waals surface area contributed by atoms with Crippen LogP contribution in [0, 0.1) is 6.92 Å². The Kier molecular flexibility index (Phi) is 6.21. The lowest BCUT2D eigenvalue weighted by molar-refractivity contribution is -0.132. The van der Waals surface area contributed by atoms with Gasteiger partial charge in [0.25, 0.3) is 5.56 Å². The minimum atomic E-state index is -3.58. The number of anilines is 2. The monoisotopic (exact) mass is 419 g/mol. The molecule has 2 aromatic rings. The first-order chi connectivity index (χ1) is 13.8. The zero-order chi connectivity index (χ0) is 21.0. The number of carbonyl (C=O) groups excluding carboxylic acids is 1. The lowest BCUT2D eigenvalue weighted by Gasteiger charge is -2.35. The molecule has 3 rings (SSSR count). The van der Waals surface area contributed by atoms with Crippen molar-refractivity contribution in [1.82, 2.24) is 14.5 Å². The van der Waals surface area contributed by atoms with E-state index in [0.717, 1.165) is 5.82 Å². The Morgan fingerprint density at radius 3 is 2.48 bits per heavy atom. The minimum absolute atomic E-state index is 0.0507. The largest absolute Gasteiger partial charge is 0.353 e. The molecule has 0 aromatic carbocycles. The smallest absolute Gasteiger partial charge is 0.275 e. The van der Waals surface area contributed by atoms with E-state index in [9.17, 15) is 18.0 Å². The second-order valence-corrected chi connectivity index (χ2v) is 8.85. The molecule has 1 aliphatic heterocycles. The number of hydrogen-bond acceptors (Lipinski definition) is 6. The van der Waals surface area contributed by atoms with Crippen molar-refractivity contribution in [2.75, 3.05) is 41.6 Å². The summed E-state index contributed by atoms with van der Waals surface area (Å²) in [6, 6.07) is 8.77. The fourth-order valence-electron chi connectivity index (χ4n) is 3.15. The molecule has 156 valence electrons. The zero-order valence-corrected chi connectivity index (χ0v) is 17.4. The molecule has 1 N–H and O–H groups in total. The molecule has 1 fully saturated rings. The summed E-state index contributed by atoms with van der Waals surface area (Å²) in [4.78, 5) is 33.6. The molecular weight excluding hydrogens is 394 g/mol. The van der Waals surface area contributed by atoms with Crippen molar-refractivity contribution < 1.29 is 13.2 Å². The van der Waals surface area contributed by atoms with E-state index in [0.29, 0.717) is 31.9 Å². The standard InChI is InChI=1S/C19H25N5O4S/c1-3-29(27,28)21-16-8-7-15(2)24(19(16)26)14-18(25)23-12-10-22(11-13-23)17-6-4-5-9-20-17/h4-9,21H,3,10-14H2,1-2H3. The molecule has 0 bridgehead atoms. The summed E-state index contributed by atoms with van der Waals surface area (Å²) in [7, 11) is -3.58. The third-order valence-corrected chi connectivity index (χ3v) is 6.23. The Hall–Kier alpha value is -2.88. The Morgan fingerprint density at radius 2 is 1.86 bits per heavy atom. The summed E-state index contributed by atoms with van der Waals surface area (Å²) in [5.41, 5.74) is 0.0163. The van der Waals surface area contributed by atoms with E-state index in [2.05, 4.69) is 14.6 Å². The molecule has 0 atom stereocenters. The van der Waals surface area contributed by atoms with Gasteiger partial charge in [0, 0.05) is 38.1 Å². The number of sulfonamides is 1. The molecule has 9 nitrogen and oxygen atoms in total. The van der Waals surface area contributed by atoms with Crippen molar-refractivity contribution in [3.63, 3.8) is 0 Å². The van der Waals surface area contributed by atoms with Gasteiger partial charge in [-0.25, -0.2) is 13.4 Å². The van der Waals surface area contributed by atoms with Crippen molar-refractivity contribution in [2.45, 2.75) is 20.4 Å². The Labute approximate surface area is 170 Å². The fraction of sp³-hybridized carbons (Fsp3) is 0.421. The van der Waals surface area contributed by atoms with Gasteiger partial charge < -0.3 is 14.4 Å². The highest BCUT2D eigenvalue weighted by molar-refractivity contribution is 7.92. The number of aromatic nitrogens is 2. The number of aryl methyl sites for hydroxylation is 1. The Balaban J connectivity index is 1.69. The number of piperazine rings is 1. The van der Waals surface area contributed by atoms with Gasteiger partial charge in [0.05, 0.1) is 5.75 Å². The van der Waals surface area contributed by atoms with Gasteiger partial charge in [-0.2, -0.15) is 0 Å². The van der Waals surface area contributed by atoms with Gasteiger partial charge in [0.15, 0.2) is 0 Å². The van der Waals surface area contributed by atoms with Crippen LogP contribution < -0.4 is 15.2 Å². The maximum absolute atomic E-state index is 12.8. The van der Waals surface area contributed by atoms with Crippen molar-refractivity contribution in [2.24, 2.45) is 0 Å². The van der Waals surface area contributed by atoms with E-state index < -0.39 is 15.6 Å². The number of nitrogens with one attached hydrogen (secondary N) is 1. The molecule has 29 heavy (non-hydrogen) atoms. The highest BCUT2D eigenvalue weighted by atomic mass is 32.2. The first-order valence-corrected chi connectivity index (χ1v) is 11.1. The summed E-state index contributed by atoms with van der Waals surface area (Å²) in [6.07, 6.45) is 1.74. The van der Waals surface area contributed by atoms with Crippen LogP contribution in [0.15, 0.2) is 41.3 Å². The molecule has 0 spiro atoms. The number of pyridine rings is 2. The topological polar surface area (TPSA) is 105 Å². The SMILES string of the molecule is CCS(=O)(=O)Nc1ccc(C)n(CC(=O)N2CCN(c3ccccn3)CC2)c1=O. The average molecular weight is 420 g/mol. The quantitative estimate of drug-likeness (QED) is 0.738. The van der Waals surface area contributed by atoms with Gasteiger partial charge in [-0.1, -0.05) is 6.07 Å².